The number of amides is 2. The molecule has 0 fully saturated rings. The molecule has 0 aliphatic carbocycles. The van der Waals surface area contributed by atoms with Gasteiger partial charge in [0.25, 0.3) is 0 Å². The number of carbonyl (C=O) groups excluding carboxylic acids is 2. The summed E-state index contributed by atoms with van der Waals surface area (Å²) in [7, 11) is 1.54. The van der Waals surface area contributed by atoms with Crippen molar-refractivity contribution in [1.29, 1.82) is 0 Å². The summed E-state index contributed by atoms with van der Waals surface area (Å²) in [6, 6.07) is 6.63. The maximum absolute atomic E-state index is 11.4. The molecule has 1 aromatic carbocycles. The normalized spacial score (nSPS) is 9.67. The predicted molar refractivity (Wildman–Crippen MR) is 66.3 cm³/mol. The molecule has 0 saturated carbocycles. The monoisotopic (exact) mass is 252 g/mol. The highest BCUT2D eigenvalue weighted by Gasteiger charge is 2.12. The Morgan fingerprint density at radius 2 is 1.89 bits per heavy atom. The first-order valence-corrected chi connectivity index (χ1v) is 5.51. The zero-order valence-electron chi connectivity index (χ0n) is 10.1. The van der Waals surface area contributed by atoms with Gasteiger partial charge in [-0.3, -0.25) is 9.59 Å². The Bertz CT molecular complexity index is 403. The van der Waals surface area contributed by atoms with Crippen LogP contribution in [0.25, 0.3) is 0 Å². The predicted octanol–water partition coefficient (Wildman–Crippen LogP) is 0.132. The zero-order chi connectivity index (χ0) is 13.4. The number of ether oxygens (including phenoxy) is 1. The molecule has 1 aromatic rings. The summed E-state index contributed by atoms with van der Waals surface area (Å²) in [6.07, 6.45) is 0.418. The van der Waals surface area contributed by atoms with Crippen LogP contribution in [0.2, 0.25) is 0 Å². The molecule has 0 spiro atoms. The van der Waals surface area contributed by atoms with Crippen LogP contribution in [0.4, 0.5) is 5.69 Å². The smallest absolute Gasteiger partial charge is 0.313 e. The van der Waals surface area contributed by atoms with Gasteiger partial charge in [0, 0.05) is 18.8 Å². The van der Waals surface area contributed by atoms with Crippen molar-refractivity contribution in [2.45, 2.75) is 6.42 Å². The number of aliphatic hydroxyl groups is 1. The van der Waals surface area contributed by atoms with Gasteiger partial charge in [0.1, 0.15) is 5.75 Å². The van der Waals surface area contributed by atoms with Crippen molar-refractivity contribution in [3.8, 4) is 5.75 Å². The summed E-state index contributed by atoms with van der Waals surface area (Å²) < 4.78 is 4.97. The van der Waals surface area contributed by atoms with Gasteiger partial charge in [-0.2, -0.15) is 0 Å². The summed E-state index contributed by atoms with van der Waals surface area (Å²) in [5.41, 5.74) is 0.512. The van der Waals surface area contributed by atoms with Crippen molar-refractivity contribution in [3.63, 3.8) is 0 Å². The highest BCUT2D eigenvalue weighted by molar-refractivity contribution is 6.39. The molecule has 0 aliphatic rings. The number of nitrogens with one attached hydrogen (secondary N) is 2. The first kappa shape index (κ1) is 14.0. The van der Waals surface area contributed by atoms with E-state index in [2.05, 4.69) is 10.6 Å². The molecule has 0 radical (unpaired) electrons. The van der Waals surface area contributed by atoms with Gasteiger partial charge < -0.3 is 20.5 Å². The van der Waals surface area contributed by atoms with E-state index in [1.807, 2.05) is 0 Å². The van der Waals surface area contributed by atoms with E-state index in [0.29, 0.717) is 17.9 Å². The molecule has 0 heterocycles. The topological polar surface area (TPSA) is 87.7 Å². The van der Waals surface area contributed by atoms with Gasteiger partial charge in [-0.15, -0.1) is 0 Å². The number of carbonyl (C=O) groups is 2. The Kier molecular flexibility index (Phi) is 5.66. The third-order valence-electron chi connectivity index (χ3n) is 2.17. The minimum Gasteiger partial charge on any atom is -0.497 e. The highest BCUT2D eigenvalue weighted by atomic mass is 16.5. The van der Waals surface area contributed by atoms with Crippen LogP contribution in [0.3, 0.4) is 0 Å². The van der Waals surface area contributed by atoms with Crippen molar-refractivity contribution in [3.05, 3.63) is 24.3 Å². The van der Waals surface area contributed by atoms with Gasteiger partial charge in [0.15, 0.2) is 0 Å². The van der Waals surface area contributed by atoms with Crippen LogP contribution in [0, 0.1) is 0 Å². The third-order valence-corrected chi connectivity index (χ3v) is 2.17. The highest BCUT2D eigenvalue weighted by Crippen LogP contribution is 2.14. The first-order chi connectivity index (χ1) is 8.67. The molecule has 0 bridgehead atoms. The molecule has 6 heteroatoms. The summed E-state index contributed by atoms with van der Waals surface area (Å²) in [5.74, 6) is -0.794. The Labute approximate surface area is 105 Å². The van der Waals surface area contributed by atoms with Gasteiger partial charge in [0.2, 0.25) is 0 Å². The molecule has 0 saturated heterocycles. The molecule has 0 atom stereocenters. The Balaban J connectivity index is 2.45. The van der Waals surface area contributed by atoms with E-state index in [4.69, 9.17) is 9.84 Å². The largest absolute Gasteiger partial charge is 0.497 e. The van der Waals surface area contributed by atoms with Crippen LogP contribution in [0.15, 0.2) is 24.3 Å². The molecule has 1 rings (SSSR count). The quantitative estimate of drug-likeness (QED) is 0.513. The Hall–Kier alpha value is -2.08. The molecular weight excluding hydrogens is 236 g/mol. The summed E-state index contributed by atoms with van der Waals surface area (Å²) in [4.78, 5) is 22.8. The number of aliphatic hydroxyl groups excluding tert-OH is 1. The molecule has 0 aliphatic heterocycles. The van der Waals surface area contributed by atoms with E-state index < -0.39 is 11.8 Å². The van der Waals surface area contributed by atoms with Crippen molar-refractivity contribution < 1.29 is 19.4 Å². The second kappa shape index (κ2) is 7.29. The van der Waals surface area contributed by atoms with Crippen molar-refractivity contribution in [2.24, 2.45) is 0 Å². The van der Waals surface area contributed by atoms with Crippen LogP contribution in [0.5, 0.6) is 5.75 Å². The first-order valence-electron chi connectivity index (χ1n) is 5.51. The average Bonchev–Trinajstić information content (AvgIpc) is 2.39. The average molecular weight is 252 g/mol. The lowest BCUT2D eigenvalue weighted by Gasteiger charge is -2.06. The molecule has 6 nitrogen and oxygen atoms in total. The van der Waals surface area contributed by atoms with E-state index in [-0.39, 0.29) is 13.2 Å². The van der Waals surface area contributed by atoms with Crippen LogP contribution >= 0.6 is 0 Å². The lowest BCUT2D eigenvalue weighted by Crippen LogP contribution is -2.36. The third kappa shape index (κ3) is 4.42. The van der Waals surface area contributed by atoms with Crippen molar-refractivity contribution in [2.75, 3.05) is 25.6 Å². The molecular formula is C12H16N2O4. The molecule has 3 N–H and O–H groups in total. The van der Waals surface area contributed by atoms with E-state index in [0.717, 1.165) is 0 Å². The lowest BCUT2D eigenvalue weighted by molar-refractivity contribution is -0.136. The second-order valence-electron chi connectivity index (χ2n) is 3.52. The van der Waals surface area contributed by atoms with E-state index >= 15 is 0 Å². The Morgan fingerprint density at radius 3 is 2.44 bits per heavy atom. The number of rotatable bonds is 5. The fourth-order valence-corrected chi connectivity index (χ4v) is 1.22. The number of benzene rings is 1. The molecule has 18 heavy (non-hydrogen) atoms. The number of hydrogen-bond acceptors (Lipinski definition) is 4. The summed E-state index contributed by atoms with van der Waals surface area (Å²) >= 11 is 0. The minimum absolute atomic E-state index is 0.0274. The lowest BCUT2D eigenvalue weighted by atomic mass is 10.3. The number of hydrogen-bond donors (Lipinski definition) is 3. The van der Waals surface area contributed by atoms with Crippen LogP contribution < -0.4 is 15.4 Å². The summed E-state index contributed by atoms with van der Waals surface area (Å²) in [5, 5.41) is 13.4. The van der Waals surface area contributed by atoms with Gasteiger partial charge in [-0.1, -0.05) is 0 Å². The van der Waals surface area contributed by atoms with E-state index in [1.165, 1.54) is 0 Å². The second-order valence-corrected chi connectivity index (χ2v) is 3.52. The molecule has 0 unspecified atom stereocenters. The van der Waals surface area contributed by atoms with Gasteiger partial charge in [-0.25, -0.2) is 0 Å². The van der Waals surface area contributed by atoms with Gasteiger partial charge in [0.05, 0.1) is 7.11 Å². The van der Waals surface area contributed by atoms with Crippen LogP contribution in [-0.2, 0) is 9.59 Å². The standard InChI is InChI=1S/C12H16N2O4/c1-18-10-5-3-9(4-6-10)14-12(17)11(16)13-7-2-8-15/h3-6,15H,2,7-8H2,1H3,(H,13,16)(H,14,17). The number of methoxy groups -OCH3 is 1. The van der Waals surface area contributed by atoms with Crippen LogP contribution in [0.1, 0.15) is 6.42 Å². The summed E-state index contributed by atoms with van der Waals surface area (Å²) in [6.45, 7) is 0.242. The maximum Gasteiger partial charge on any atom is 0.313 e. The SMILES string of the molecule is COc1ccc(NC(=O)C(=O)NCCCO)cc1. The fraction of sp³-hybridized carbons (Fsp3) is 0.333. The zero-order valence-corrected chi connectivity index (χ0v) is 10.1. The molecule has 98 valence electrons. The molecule has 0 aromatic heterocycles. The van der Waals surface area contributed by atoms with Gasteiger partial charge >= 0.3 is 11.8 Å². The van der Waals surface area contributed by atoms with Crippen LogP contribution in [-0.4, -0.2) is 37.2 Å². The van der Waals surface area contributed by atoms with E-state index in [9.17, 15) is 9.59 Å². The van der Waals surface area contributed by atoms with Gasteiger partial charge in [-0.05, 0) is 30.7 Å². The van der Waals surface area contributed by atoms with Crippen molar-refractivity contribution in [1.82, 2.24) is 5.32 Å². The maximum atomic E-state index is 11.4. The molecule has 2 amide bonds. The Morgan fingerprint density at radius 1 is 1.22 bits per heavy atom. The fourth-order valence-electron chi connectivity index (χ4n) is 1.22. The van der Waals surface area contributed by atoms with E-state index in [1.54, 1.807) is 31.4 Å². The van der Waals surface area contributed by atoms with Crippen molar-refractivity contribution >= 4 is 17.5 Å². The minimum atomic E-state index is -0.738. The number of anilines is 1.